The topological polar surface area (TPSA) is 175 Å². The molecule has 0 radical (unpaired) electrons. The highest BCUT2D eigenvalue weighted by atomic mass is 32.1. The van der Waals surface area contributed by atoms with Crippen LogP contribution in [0.1, 0.15) is 72.0 Å². The summed E-state index contributed by atoms with van der Waals surface area (Å²) in [7, 11) is 2.65. The van der Waals surface area contributed by atoms with E-state index >= 15 is 0 Å². The van der Waals surface area contributed by atoms with Gasteiger partial charge in [-0.1, -0.05) is 60.7 Å². The van der Waals surface area contributed by atoms with Gasteiger partial charge in [0.2, 0.25) is 11.8 Å². The monoisotopic (exact) mass is 874 g/mol. The Bertz CT molecular complexity index is 2260. The van der Waals surface area contributed by atoms with E-state index in [4.69, 9.17) is 19.4 Å². The minimum atomic E-state index is -0.549. The molecule has 2 saturated heterocycles. The molecule has 0 unspecified atom stereocenters. The number of nitrogens with one attached hydrogen (secondary N) is 4. The van der Waals surface area contributed by atoms with E-state index in [0.717, 1.165) is 80.7 Å². The molecule has 4 atom stereocenters. The first-order valence-electron chi connectivity index (χ1n) is 20.9. The van der Waals surface area contributed by atoms with Crippen molar-refractivity contribution in [3.05, 3.63) is 117 Å². The lowest BCUT2D eigenvalue weighted by atomic mass is 10.0. The normalized spacial score (nSPS) is 17.1. The predicted molar refractivity (Wildman–Crippen MR) is 238 cm³/mol. The molecule has 4 amide bonds. The molecular formula is C46H50N8O6S2. The fourth-order valence-electron chi connectivity index (χ4n) is 8.49. The van der Waals surface area contributed by atoms with Gasteiger partial charge in [0.1, 0.15) is 11.6 Å². The van der Waals surface area contributed by atoms with Crippen molar-refractivity contribution in [2.75, 3.05) is 27.3 Å². The predicted octanol–water partition coefficient (Wildman–Crippen LogP) is 8.30. The summed E-state index contributed by atoms with van der Waals surface area (Å²) in [4.78, 5) is 73.8. The van der Waals surface area contributed by atoms with Crippen molar-refractivity contribution in [2.45, 2.75) is 75.5 Å². The van der Waals surface area contributed by atoms with Gasteiger partial charge >= 0.3 is 12.2 Å². The second kappa shape index (κ2) is 19.6. The number of H-pyrrole nitrogens is 2. The molecule has 0 spiro atoms. The van der Waals surface area contributed by atoms with E-state index in [0.29, 0.717) is 25.9 Å². The molecule has 0 bridgehead atoms. The van der Waals surface area contributed by atoms with Gasteiger partial charge < -0.3 is 39.9 Å². The van der Waals surface area contributed by atoms with Crippen LogP contribution in [0.5, 0.6) is 0 Å². The number of thiophene rings is 2. The molecule has 16 heteroatoms. The van der Waals surface area contributed by atoms with Gasteiger partial charge in [0.15, 0.2) is 0 Å². The fraction of sp³-hybridized carbons (Fsp3) is 0.348. The van der Waals surface area contributed by atoms with Crippen molar-refractivity contribution >= 4 is 46.7 Å². The molecule has 4 N–H and O–H groups in total. The summed E-state index contributed by atoms with van der Waals surface area (Å²) in [5.74, 6) is 1.45. The molecule has 4 aromatic heterocycles. The van der Waals surface area contributed by atoms with Gasteiger partial charge in [-0.25, -0.2) is 19.6 Å². The van der Waals surface area contributed by atoms with Crippen molar-refractivity contribution in [3.8, 4) is 33.6 Å². The van der Waals surface area contributed by atoms with Crippen LogP contribution in [-0.2, 0) is 31.9 Å². The van der Waals surface area contributed by atoms with Crippen LogP contribution in [-0.4, -0.2) is 93.1 Å². The Hall–Kier alpha value is -6.26. The molecule has 8 rings (SSSR count). The highest BCUT2D eigenvalue weighted by molar-refractivity contribution is 7.10. The van der Waals surface area contributed by atoms with E-state index in [-0.39, 0.29) is 48.8 Å². The van der Waals surface area contributed by atoms with Crippen LogP contribution in [0.3, 0.4) is 0 Å². The first kappa shape index (κ1) is 42.4. The number of amides is 4. The van der Waals surface area contributed by atoms with Crippen LogP contribution in [0.25, 0.3) is 33.6 Å². The maximum atomic E-state index is 13.6. The number of methoxy groups -OCH3 is 2. The Kier molecular flexibility index (Phi) is 13.4. The number of carbonyl (C=O) groups excluding carboxylic acids is 4. The lowest BCUT2D eigenvalue weighted by molar-refractivity contribution is -0.133. The molecule has 14 nitrogen and oxygen atoms in total. The van der Waals surface area contributed by atoms with Crippen molar-refractivity contribution in [1.82, 2.24) is 40.4 Å². The van der Waals surface area contributed by atoms with E-state index < -0.39 is 12.2 Å². The Morgan fingerprint density at radius 3 is 1.42 bits per heavy atom. The zero-order chi connectivity index (χ0) is 43.0. The first-order chi connectivity index (χ1) is 30.2. The Morgan fingerprint density at radius 1 is 0.645 bits per heavy atom. The third-order valence-corrected chi connectivity index (χ3v) is 13.4. The number of benzene rings is 2. The molecule has 6 heterocycles. The van der Waals surface area contributed by atoms with Crippen molar-refractivity contribution < 1.29 is 28.7 Å². The number of rotatable bonds is 15. The van der Waals surface area contributed by atoms with Crippen LogP contribution < -0.4 is 10.6 Å². The van der Waals surface area contributed by atoms with Gasteiger partial charge in [0.05, 0.1) is 50.1 Å². The van der Waals surface area contributed by atoms with Gasteiger partial charge in [0, 0.05) is 60.6 Å². The minimum absolute atomic E-state index is 0.0269. The molecule has 0 saturated carbocycles. The summed E-state index contributed by atoms with van der Waals surface area (Å²) in [5.41, 5.74) is 5.85. The highest BCUT2D eigenvalue weighted by Gasteiger charge is 2.35. The van der Waals surface area contributed by atoms with Gasteiger partial charge in [-0.15, -0.1) is 22.7 Å². The molecule has 6 aromatic rings. The minimum Gasteiger partial charge on any atom is -0.453 e. The summed E-state index contributed by atoms with van der Waals surface area (Å²) in [6, 6.07) is 23.4. The van der Waals surface area contributed by atoms with Crippen LogP contribution in [0, 0.1) is 0 Å². The van der Waals surface area contributed by atoms with Crippen LogP contribution >= 0.6 is 22.7 Å². The molecule has 322 valence electrons. The van der Waals surface area contributed by atoms with Crippen molar-refractivity contribution in [3.63, 3.8) is 0 Å². The maximum Gasteiger partial charge on any atom is 0.407 e. The number of imidazole rings is 2. The zero-order valence-corrected chi connectivity index (χ0v) is 36.3. The Balaban J connectivity index is 0.881. The third-order valence-electron chi connectivity index (χ3n) is 11.6. The Labute approximate surface area is 368 Å². The maximum absolute atomic E-state index is 13.6. The number of aromatic amines is 2. The lowest BCUT2D eigenvalue weighted by Gasteiger charge is -2.26. The van der Waals surface area contributed by atoms with Gasteiger partial charge in [-0.3, -0.25) is 9.59 Å². The van der Waals surface area contributed by atoms with E-state index in [1.165, 1.54) is 14.2 Å². The average Bonchev–Trinajstić information content (AvgIpc) is 4.14. The van der Waals surface area contributed by atoms with E-state index in [9.17, 15) is 19.2 Å². The first-order valence-corrected chi connectivity index (χ1v) is 22.6. The zero-order valence-electron chi connectivity index (χ0n) is 34.7. The molecule has 2 aliphatic rings. The number of hydrogen-bond donors (Lipinski definition) is 4. The number of alkyl carbamates (subject to hydrolysis) is 2. The number of likely N-dealkylation sites (tertiary alicyclic amines) is 2. The Morgan fingerprint density at radius 2 is 1.05 bits per heavy atom. The summed E-state index contributed by atoms with van der Waals surface area (Å²) in [6.07, 6.45) is 7.35. The molecule has 2 aliphatic heterocycles. The van der Waals surface area contributed by atoms with Crippen molar-refractivity contribution in [1.29, 1.82) is 0 Å². The summed E-state index contributed by atoms with van der Waals surface area (Å²) < 4.78 is 9.67. The molecule has 2 fully saturated rings. The van der Waals surface area contributed by atoms with Crippen LogP contribution in [0.4, 0.5) is 9.59 Å². The summed E-state index contributed by atoms with van der Waals surface area (Å²) in [5, 5.41) is 9.66. The SMILES string of the molecule is COC(=O)N[C@@H](CC(=O)N1CCC[C@H]1c1ncc(-c2ccc(-c3ccc(-c4cnc([C@@H]5CCCN5C(=O)C[C@@H](Cc5cccs5)NC(=O)OC)[nH]4)cc3)cc2)[nH]1)Cc1cccs1. The quantitative estimate of drug-likeness (QED) is 0.0797. The lowest BCUT2D eigenvalue weighted by Crippen LogP contribution is -2.41. The van der Waals surface area contributed by atoms with E-state index in [1.807, 2.05) is 57.2 Å². The summed E-state index contributed by atoms with van der Waals surface area (Å²) in [6.45, 7) is 1.27. The smallest absolute Gasteiger partial charge is 0.407 e. The van der Waals surface area contributed by atoms with Crippen molar-refractivity contribution in [2.24, 2.45) is 0 Å². The molecule has 0 aliphatic carbocycles. The fourth-order valence-corrected chi connectivity index (χ4v) is 10.1. The number of hydrogen-bond acceptors (Lipinski definition) is 10. The molecule has 2 aromatic carbocycles. The highest BCUT2D eigenvalue weighted by Crippen LogP contribution is 2.35. The largest absolute Gasteiger partial charge is 0.453 e. The second-order valence-electron chi connectivity index (χ2n) is 15.7. The van der Waals surface area contributed by atoms with Crippen LogP contribution in [0.15, 0.2) is 96.0 Å². The summed E-state index contributed by atoms with van der Waals surface area (Å²) >= 11 is 3.19. The average molecular weight is 875 g/mol. The van der Waals surface area contributed by atoms with Gasteiger partial charge in [-0.2, -0.15) is 0 Å². The van der Waals surface area contributed by atoms with E-state index in [1.54, 1.807) is 22.7 Å². The molecule has 62 heavy (non-hydrogen) atoms. The van der Waals surface area contributed by atoms with Gasteiger partial charge in [-0.05, 0) is 70.8 Å². The standard InChI is InChI=1S/C46H50N8O6S2/c1-59-45(57)49-33(23-35-7-5-21-61-35)25-41(55)53-19-3-9-39(53)43-47-27-37(51-43)31-15-11-29(12-16-31)30-13-17-32(18-14-30)38-28-48-44(52-38)40-10-4-20-54(40)42(56)26-34(50-46(58)60-2)24-36-8-6-22-62-36/h5-8,11-18,21-22,27-28,33-34,39-40H,3-4,9-10,19-20,23-26H2,1-2H3,(H,47,51)(H,48,52)(H,49,57)(H,50,58)/t33-,34-,39+,40+/m1/s1. The number of carbonyl (C=O) groups is 4. The van der Waals surface area contributed by atoms with E-state index in [2.05, 4.69) is 69.1 Å². The van der Waals surface area contributed by atoms with Gasteiger partial charge in [0.25, 0.3) is 0 Å². The number of aromatic nitrogens is 4. The third kappa shape index (κ3) is 10.1. The number of nitrogens with zero attached hydrogens (tertiary/aromatic N) is 4. The second-order valence-corrected chi connectivity index (χ2v) is 17.7. The molecular weight excluding hydrogens is 825 g/mol. The number of ether oxygens (including phenoxy) is 2. The van der Waals surface area contributed by atoms with Crippen LogP contribution in [0.2, 0.25) is 0 Å².